The molecule has 1 aliphatic carbocycles. The van der Waals surface area contributed by atoms with E-state index in [9.17, 15) is 0 Å². The minimum absolute atomic E-state index is 0.778. The quantitative estimate of drug-likeness (QED) is 0.742. The normalized spacial score (nSPS) is 28.0. The highest BCUT2D eigenvalue weighted by atomic mass is 79.9. The lowest BCUT2D eigenvalue weighted by atomic mass is 9.80. The fourth-order valence-corrected chi connectivity index (χ4v) is 4.78. The molecule has 2 aromatic carbocycles. The van der Waals surface area contributed by atoms with Crippen LogP contribution in [0.2, 0.25) is 0 Å². The fourth-order valence-electron chi connectivity index (χ4n) is 4.52. The van der Waals surface area contributed by atoms with Crippen LogP contribution in [0.3, 0.4) is 0 Å². The number of benzene rings is 2. The maximum atomic E-state index is 3.55. The molecule has 0 aromatic heterocycles. The van der Waals surface area contributed by atoms with Crippen LogP contribution in [0.1, 0.15) is 29.9 Å². The van der Waals surface area contributed by atoms with Gasteiger partial charge in [0, 0.05) is 24.1 Å². The van der Waals surface area contributed by atoms with Crippen LogP contribution in [0.25, 0.3) is 0 Å². The van der Waals surface area contributed by atoms with E-state index in [1.54, 1.807) is 5.56 Å². The Morgan fingerprint density at radius 3 is 2.14 bits per heavy atom. The van der Waals surface area contributed by atoms with Crippen molar-refractivity contribution in [2.75, 3.05) is 13.1 Å². The second kappa shape index (κ2) is 6.17. The standard InChI is InChI=1S/C20H22BrN/c21-19-10-8-16(9-11-19)20-17-6-7-18(20)14-22(13-17)12-15-4-2-1-3-5-15/h1-5,8-11,17-18,20H,6-7,12-14H2/t17-,18-/m0/s1. The average molecular weight is 356 g/mol. The lowest BCUT2D eigenvalue weighted by Crippen LogP contribution is -2.40. The largest absolute Gasteiger partial charge is 0.298 e. The van der Waals surface area contributed by atoms with Gasteiger partial charge in [-0.25, -0.2) is 0 Å². The highest BCUT2D eigenvalue weighted by Crippen LogP contribution is 2.48. The Bertz CT molecular complexity index is 608. The molecule has 0 amide bonds. The zero-order valence-corrected chi connectivity index (χ0v) is 14.4. The molecule has 1 saturated carbocycles. The van der Waals surface area contributed by atoms with E-state index in [-0.39, 0.29) is 0 Å². The first-order valence-corrected chi connectivity index (χ1v) is 9.10. The van der Waals surface area contributed by atoms with Gasteiger partial charge in [0.15, 0.2) is 0 Å². The molecule has 2 aromatic rings. The van der Waals surface area contributed by atoms with Crippen LogP contribution in [0.15, 0.2) is 59.1 Å². The third-order valence-electron chi connectivity index (χ3n) is 5.41. The molecule has 0 unspecified atom stereocenters. The molecule has 0 radical (unpaired) electrons. The molecule has 22 heavy (non-hydrogen) atoms. The van der Waals surface area contributed by atoms with E-state index >= 15 is 0 Å². The number of piperidine rings is 1. The topological polar surface area (TPSA) is 3.24 Å². The van der Waals surface area contributed by atoms with Gasteiger partial charge in [0.2, 0.25) is 0 Å². The summed E-state index contributed by atoms with van der Waals surface area (Å²) >= 11 is 3.55. The predicted molar refractivity (Wildman–Crippen MR) is 94.8 cm³/mol. The zero-order chi connectivity index (χ0) is 14.9. The van der Waals surface area contributed by atoms with Gasteiger partial charge in [0.05, 0.1) is 0 Å². The minimum Gasteiger partial charge on any atom is -0.298 e. The Labute approximate surface area is 141 Å². The van der Waals surface area contributed by atoms with Crippen LogP contribution in [0.4, 0.5) is 0 Å². The molecule has 4 rings (SSSR count). The Kier molecular flexibility index (Phi) is 4.06. The number of likely N-dealkylation sites (tertiary alicyclic amines) is 1. The van der Waals surface area contributed by atoms with Crippen molar-refractivity contribution in [3.8, 4) is 0 Å². The Morgan fingerprint density at radius 2 is 1.50 bits per heavy atom. The summed E-state index contributed by atoms with van der Waals surface area (Å²) in [5.41, 5.74) is 3.00. The summed E-state index contributed by atoms with van der Waals surface area (Å²) < 4.78 is 1.19. The summed E-state index contributed by atoms with van der Waals surface area (Å²) in [5, 5.41) is 0. The third-order valence-corrected chi connectivity index (χ3v) is 5.94. The first-order valence-electron chi connectivity index (χ1n) is 8.31. The monoisotopic (exact) mass is 355 g/mol. The summed E-state index contributed by atoms with van der Waals surface area (Å²) in [5.74, 6) is 2.45. The molecular weight excluding hydrogens is 334 g/mol. The van der Waals surface area contributed by atoms with Crippen molar-refractivity contribution in [1.29, 1.82) is 0 Å². The molecule has 114 valence electrons. The molecule has 2 bridgehead atoms. The molecule has 1 heterocycles. The van der Waals surface area contributed by atoms with Gasteiger partial charge in [0.25, 0.3) is 0 Å². The van der Waals surface area contributed by atoms with Crippen molar-refractivity contribution in [2.45, 2.75) is 25.3 Å². The molecular formula is C20H22BrN. The minimum atomic E-state index is 0.778. The van der Waals surface area contributed by atoms with Crippen molar-refractivity contribution >= 4 is 15.9 Å². The third kappa shape index (κ3) is 2.87. The van der Waals surface area contributed by atoms with Gasteiger partial charge in [-0.15, -0.1) is 0 Å². The Hall–Kier alpha value is -1.12. The van der Waals surface area contributed by atoms with Crippen molar-refractivity contribution in [3.63, 3.8) is 0 Å². The maximum absolute atomic E-state index is 3.55. The van der Waals surface area contributed by atoms with Crippen molar-refractivity contribution in [2.24, 2.45) is 11.8 Å². The number of hydrogen-bond donors (Lipinski definition) is 0. The Balaban J connectivity index is 1.48. The van der Waals surface area contributed by atoms with E-state index < -0.39 is 0 Å². The van der Waals surface area contributed by atoms with E-state index in [0.717, 1.165) is 24.3 Å². The van der Waals surface area contributed by atoms with Gasteiger partial charge in [-0.05, 0) is 53.9 Å². The van der Waals surface area contributed by atoms with Gasteiger partial charge >= 0.3 is 0 Å². The van der Waals surface area contributed by atoms with Gasteiger partial charge in [-0.3, -0.25) is 4.90 Å². The second-order valence-electron chi connectivity index (χ2n) is 6.85. The number of halogens is 1. The fraction of sp³-hybridized carbons (Fsp3) is 0.400. The number of rotatable bonds is 3. The van der Waals surface area contributed by atoms with Crippen LogP contribution in [-0.2, 0) is 6.54 Å². The molecule has 0 spiro atoms. The number of fused-ring (bicyclic) bond motifs is 2. The first kappa shape index (κ1) is 14.5. The summed E-state index contributed by atoms with van der Waals surface area (Å²) in [7, 11) is 0. The van der Waals surface area contributed by atoms with E-state index in [1.807, 2.05) is 0 Å². The summed E-state index contributed by atoms with van der Waals surface area (Å²) in [6.45, 7) is 3.62. The van der Waals surface area contributed by atoms with Gasteiger partial charge in [-0.1, -0.05) is 58.4 Å². The van der Waals surface area contributed by atoms with Crippen LogP contribution in [0.5, 0.6) is 0 Å². The molecule has 1 nitrogen and oxygen atoms in total. The SMILES string of the molecule is Brc1ccc(C2[C@H]3CC[C@H]2CN(Cc2ccccc2)C3)cc1. The van der Waals surface area contributed by atoms with Crippen LogP contribution in [-0.4, -0.2) is 18.0 Å². The van der Waals surface area contributed by atoms with Crippen LogP contribution < -0.4 is 0 Å². The summed E-state index contributed by atoms with van der Waals surface area (Å²) in [6.07, 6.45) is 2.80. The molecule has 2 heteroatoms. The van der Waals surface area contributed by atoms with E-state index in [2.05, 4.69) is 75.4 Å². The highest BCUT2D eigenvalue weighted by Gasteiger charge is 2.42. The van der Waals surface area contributed by atoms with Crippen LogP contribution >= 0.6 is 15.9 Å². The molecule has 2 fully saturated rings. The van der Waals surface area contributed by atoms with Crippen molar-refractivity contribution < 1.29 is 0 Å². The van der Waals surface area contributed by atoms with Crippen LogP contribution in [0, 0.1) is 11.8 Å². The van der Waals surface area contributed by atoms with E-state index in [4.69, 9.17) is 0 Å². The summed E-state index contributed by atoms with van der Waals surface area (Å²) in [6, 6.07) is 20.0. The zero-order valence-electron chi connectivity index (χ0n) is 12.8. The van der Waals surface area contributed by atoms with E-state index in [0.29, 0.717) is 0 Å². The van der Waals surface area contributed by atoms with E-state index in [1.165, 1.54) is 36.0 Å². The average Bonchev–Trinajstić information content (AvgIpc) is 2.80. The molecule has 2 atom stereocenters. The molecule has 2 aliphatic rings. The first-order chi connectivity index (χ1) is 10.8. The molecule has 1 aliphatic heterocycles. The van der Waals surface area contributed by atoms with Gasteiger partial charge in [-0.2, -0.15) is 0 Å². The molecule has 0 N–H and O–H groups in total. The number of hydrogen-bond acceptors (Lipinski definition) is 1. The van der Waals surface area contributed by atoms with Gasteiger partial charge < -0.3 is 0 Å². The predicted octanol–water partition coefficient (Wildman–Crippen LogP) is 5.07. The van der Waals surface area contributed by atoms with Crippen molar-refractivity contribution in [1.82, 2.24) is 4.90 Å². The Morgan fingerprint density at radius 1 is 0.864 bits per heavy atom. The lowest BCUT2D eigenvalue weighted by Gasteiger charge is -2.38. The highest BCUT2D eigenvalue weighted by molar-refractivity contribution is 9.10. The van der Waals surface area contributed by atoms with Gasteiger partial charge in [0.1, 0.15) is 0 Å². The maximum Gasteiger partial charge on any atom is 0.0233 e. The summed E-state index contributed by atoms with van der Waals surface area (Å²) in [4.78, 5) is 2.67. The lowest BCUT2D eigenvalue weighted by molar-refractivity contribution is 0.138. The smallest absolute Gasteiger partial charge is 0.0233 e. The van der Waals surface area contributed by atoms with Crippen molar-refractivity contribution in [3.05, 3.63) is 70.2 Å². The second-order valence-corrected chi connectivity index (χ2v) is 7.77. The number of nitrogens with zero attached hydrogens (tertiary/aromatic N) is 1. The molecule has 1 saturated heterocycles.